The molecule has 1 N–H and O–H groups in total. The maximum absolute atomic E-state index is 13.4. The van der Waals surface area contributed by atoms with E-state index in [0.717, 1.165) is 45.8 Å². The van der Waals surface area contributed by atoms with Crippen LogP contribution in [-0.4, -0.2) is 32.5 Å². The lowest BCUT2D eigenvalue weighted by molar-refractivity contribution is 0.0992. The Balaban J connectivity index is 1.45. The number of aromatic nitrogens is 4. The fraction of sp³-hybridized carbons (Fsp3) is 0.185. The summed E-state index contributed by atoms with van der Waals surface area (Å²) in [4.78, 5) is 39.7. The van der Waals surface area contributed by atoms with Gasteiger partial charge in [0.05, 0.1) is 5.69 Å². The van der Waals surface area contributed by atoms with E-state index in [-0.39, 0.29) is 11.5 Å². The van der Waals surface area contributed by atoms with Gasteiger partial charge in [0, 0.05) is 60.8 Å². The summed E-state index contributed by atoms with van der Waals surface area (Å²) >= 11 is 0. The molecule has 5 aromatic rings. The predicted molar refractivity (Wildman–Crippen MR) is 133 cm³/mol. The van der Waals surface area contributed by atoms with Crippen LogP contribution in [0.2, 0.25) is 0 Å². The number of carbonyl (C=O) groups is 1. The van der Waals surface area contributed by atoms with Gasteiger partial charge in [-0.05, 0) is 60.0 Å². The second-order valence-corrected chi connectivity index (χ2v) is 8.91. The molecule has 6 rings (SSSR count). The van der Waals surface area contributed by atoms with Crippen molar-refractivity contribution in [3.8, 4) is 11.3 Å². The van der Waals surface area contributed by atoms with Crippen LogP contribution in [-0.2, 0) is 7.05 Å². The minimum Gasteiger partial charge on any atom is -0.357 e. The summed E-state index contributed by atoms with van der Waals surface area (Å²) in [6.07, 6.45) is 9.37. The van der Waals surface area contributed by atoms with Crippen LogP contribution in [0.4, 0.5) is 5.82 Å². The number of nitrogens with zero attached hydrogens (tertiary/aromatic N) is 4. The summed E-state index contributed by atoms with van der Waals surface area (Å²) in [6.45, 7) is 0. The molecule has 0 aliphatic heterocycles. The first-order chi connectivity index (χ1) is 16.5. The molecule has 7 nitrogen and oxygen atoms in total. The van der Waals surface area contributed by atoms with Crippen molar-refractivity contribution in [1.29, 1.82) is 0 Å². The summed E-state index contributed by atoms with van der Waals surface area (Å²) in [5.41, 5.74) is 3.94. The fourth-order valence-electron chi connectivity index (χ4n) is 4.56. The van der Waals surface area contributed by atoms with E-state index in [9.17, 15) is 9.59 Å². The van der Waals surface area contributed by atoms with E-state index in [1.54, 1.807) is 42.2 Å². The van der Waals surface area contributed by atoms with Crippen molar-refractivity contribution < 1.29 is 4.79 Å². The number of H-pyrrole nitrogens is 1. The van der Waals surface area contributed by atoms with Crippen molar-refractivity contribution in [2.45, 2.75) is 18.8 Å². The van der Waals surface area contributed by atoms with E-state index in [0.29, 0.717) is 22.8 Å². The minimum atomic E-state index is -0.136. The molecule has 1 amide bonds. The van der Waals surface area contributed by atoms with Crippen LogP contribution >= 0.6 is 0 Å². The van der Waals surface area contributed by atoms with Gasteiger partial charge in [-0.25, -0.2) is 4.98 Å². The molecular weight excluding hydrogens is 426 g/mol. The highest BCUT2D eigenvalue weighted by molar-refractivity contribution is 6.07. The average Bonchev–Trinajstić information content (AvgIpc) is 3.60. The SMILES string of the molecule is CN(C(=O)c1ccc2cnccc2c1)c1ccc(C2CC2)c(-c2cn(C)c(=O)c3[nH]ccc23)n1. The van der Waals surface area contributed by atoms with Crippen LogP contribution in [0.5, 0.6) is 0 Å². The first-order valence-corrected chi connectivity index (χ1v) is 11.3. The number of aryl methyl sites for hydroxylation is 1. The van der Waals surface area contributed by atoms with Crippen molar-refractivity contribution in [1.82, 2.24) is 19.5 Å². The number of benzene rings is 1. The number of hydrogen-bond acceptors (Lipinski definition) is 4. The van der Waals surface area contributed by atoms with Crippen molar-refractivity contribution in [2.75, 3.05) is 11.9 Å². The normalized spacial score (nSPS) is 13.5. The standard InChI is InChI=1S/C27H23N5O2/c1-31-15-22(21-10-12-29-25(21)27(31)34)24-20(16-3-4-16)7-8-23(30-24)32(2)26(33)18-5-6-19-14-28-11-9-17(19)13-18/h5-16,29H,3-4H2,1-2H3. The Hall–Kier alpha value is -4.26. The number of amides is 1. The van der Waals surface area contributed by atoms with Crippen LogP contribution in [0.1, 0.15) is 34.7 Å². The van der Waals surface area contributed by atoms with Crippen LogP contribution in [0, 0.1) is 0 Å². The van der Waals surface area contributed by atoms with Crippen LogP contribution < -0.4 is 10.5 Å². The van der Waals surface area contributed by atoms with Gasteiger partial charge in [-0.3, -0.25) is 19.5 Å². The molecule has 34 heavy (non-hydrogen) atoms. The smallest absolute Gasteiger partial charge is 0.274 e. The van der Waals surface area contributed by atoms with Crippen molar-refractivity contribution in [3.05, 3.63) is 88.7 Å². The van der Waals surface area contributed by atoms with E-state index < -0.39 is 0 Å². The van der Waals surface area contributed by atoms with Gasteiger partial charge in [0.15, 0.2) is 0 Å². The number of nitrogens with one attached hydrogen (secondary N) is 1. The lowest BCUT2D eigenvalue weighted by Gasteiger charge is -2.19. The molecule has 4 heterocycles. The van der Waals surface area contributed by atoms with Crippen LogP contribution in [0.3, 0.4) is 0 Å². The lowest BCUT2D eigenvalue weighted by Crippen LogP contribution is -2.27. The molecule has 0 atom stereocenters. The fourth-order valence-corrected chi connectivity index (χ4v) is 4.56. The van der Waals surface area contributed by atoms with E-state index in [1.165, 1.54) is 0 Å². The van der Waals surface area contributed by atoms with Gasteiger partial charge in [-0.1, -0.05) is 12.1 Å². The maximum atomic E-state index is 13.4. The quantitative estimate of drug-likeness (QED) is 0.434. The van der Waals surface area contributed by atoms with Crippen molar-refractivity contribution >= 4 is 33.4 Å². The minimum absolute atomic E-state index is 0.0772. The molecule has 1 aromatic carbocycles. The molecule has 0 radical (unpaired) electrons. The monoisotopic (exact) mass is 449 g/mol. The Morgan fingerprint density at radius 1 is 1.12 bits per heavy atom. The highest BCUT2D eigenvalue weighted by atomic mass is 16.2. The number of hydrogen-bond donors (Lipinski definition) is 1. The molecule has 7 heteroatoms. The summed E-state index contributed by atoms with van der Waals surface area (Å²) in [6, 6.07) is 13.4. The topological polar surface area (TPSA) is 83.9 Å². The molecule has 1 aliphatic carbocycles. The van der Waals surface area contributed by atoms with Gasteiger partial charge >= 0.3 is 0 Å². The van der Waals surface area contributed by atoms with Crippen molar-refractivity contribution in [2.24, 2.45) is 7.05 Å². The Bertz CT molecular complexity index is 1640. The highest BCUT2D eigenvalue weighted by Gasteiger charge is 2.29. The van der Waals surface area contributed by atoms with Crippen molar-refractivity contribution in [3.63, 3.8) is 0 Å². The van der Waals surface area contributed by atoms with Gasteiger partial charge in [0.2, 0.25) is 0 Å². The lowest BCUT2D eigenvalue weighted by atomic mass is 10.0. The Morgan fingerprint density at radius 2 is 1.97 bits per heavy atom. The van der Waals surface area contributed by atoms with Gasteiger partial charge in [0.25, 0.3) is 11.5 Å². The zero-order chi connectivity index (χ0) is 23.4. The second-order valence-electron chi connectivity index (χ2n) is 8.91. The first kappa shape index (κ1) is 20.4. The summed E-state index contributed by atoms with van der Waals surface area (Å²) in [5.74, 6) is 0.887. The van der Waals surface area contributed by atoms with Gasteiger partial charge in [0.1, 0.15) is 11.3 Å². The van der Waals surface area contributed by atoms with E-state index in [4.69, 9.17) is 4.98 Å². The van der Waals surface area contributed by atoms with Gasteiger partial charge in [-0.15, -0.1) is 0 Å². The molecule has 0 saturated heterocycles. The van der Waals surface area contributed by atoms with E-state index in [2.05, 4.69) is 16.0 Å². The third kappa shape index (κ3) is 3.28. The number of fused-ring (bicyclic) bond motifs is 2. The highest BCUT2D eigenvalue weighted by Crippen LogP contribution is 2.45. The van der Waals surface area contributed by atoms with E-state index in [1.807, 2.05) is 42.6 Å². The average molecular weight is 450 g/mol. The largest absolute Gasteiger partial charge is 0.357 e. The Labute approximate surface area is 195 Å². The third-order valence-corrected chi connectivity index (χ3v) is 6.61. The maximum Gasteiger partial charge on any atom is 0.274 e. The number of aromatic amines is 1. The molecule has 1 saturated carbocycles. The number of anilines is 1. The second kappa shape index (κ2) is 7.66. The van der Waals surface area contributed by atoms with Gasteiger partial charge in [-0.2, -0.15) is 0 Å². The molecule has 0 bridgehead atoms. The zero-order valence-electron chi connectivity index (χ0n) is 18.9. The van der Waals surface area contributed by atoms with Crippen LogP contribution in [0.15, 0.2) is 72.0 Å². The Morgan fingerprint density at radius 3 is 2.79 bits per heavy atom. The molecular formula is C27H23N5O2. The molecule has 168 valence electrons. The molecule has 1 fully saturated rings. The number of carbonyl (C=O) groups excluding carboxylic acids is 1. The molecule has 0 unspecified atom stereocenters. The summed E-state index contributed by atoms with van der Waals surface area (Å²) in [7, 11) is 3.49. The molecule has 0 spiro atoms. The first-order valence-electron chi connectivity index (χ1n) is 11.3. The summed E-state index contributed by atoms with van der Waals surface area (Å²) < 4.78 is 1.58. The number of pyridine rings is 3. The van der Waals surface area contributed by atoms with E-state index >= 15 is 0 Å². The molecule has 1 aliphatic rings. The predicted octanol–water partition coefficient (Wildman–Crippen LogP) is 4.63. The third-order valence-electron chi connectivity index (χ3n) is 6.61. The zero-order valence-corrected chi connectivity index (χ0v) is 18.9. The number of rotatable bonds is 4. The Kier molecular flexibility index (Phi) is 4.58. The van der Waals surface area contributed by atoms with Crippen LogP contribution in [0.25, 0.3) is 32.9 Å². The summed E-state index contributed by atoms with van der Waals surface area (Å²) in [5, 5.41) is 2.79. The van der Waals surface area contributed by atoms with Gasteiger partial charge < -0.3 is 9.55 Å². The molecule has 4 aromatic heterocycles.